The summed E-state index contributed by atoms with van der Waals surface area (Å²) in [6.45, 7) is 14.9. The zero-order valence-corrected chi connectivity index (χ0v) is 19.5. The van der Waals surface area contributed by atoms with Gasteiger partial charge in [-0.15, -0.1) is 0 Å². The molecule has 0 saturated heterocycles. The van der Waals surface area contributed by atoms with Gasteiger partial charge in [0.15, 0.2) is 0 Å². The Morgan fingerprint density at radius 3 is 1.50 bits per heavy atom. The van der Waals surface area contributed by atoms with Gasteiger partial charge in [0.1, 0.15) is 6.17 Å². The van der Waals surface area contributed by atoms with Crippen molar-refractivity contribution in [3.8, 4) is 0 Å². The van der Waals surface area contributed by atoms with Crippen LogP contribution in [-0.2, 0) is 4.74 Å². The molecule has 0 aromatic heterocycles. The lowest BCUT2D eigenvalue weighted by molar-refractivity contribution is 0.129. The number of hydrogen-bond acceptors (Lipinski definition) is 4. The smallest absolute Gasteiger partial charge is 0.275 e. The molecule has 0 spiro atoms. The van der Waals surface area contributed by atoms with Crippen LogP contribution in [-0.4, -0.2) is 18.4 Å². The number of rotatable bonds is 5. The number of aliphatic hydroxyl groups is 1. The van der Waals surface area contributed by atoms with Crippen molar-refractivity contribution in [3.63, 3.8) is 0 Å². The zero-order valence-electron chi connectivity index (χ0n) is 19.5. The van der Waals surface area contributed by atoms with E-state index in [0.29, 0.717) is 6.42 Å². The third-order valence-corrected chi connectivity index (χ3v) is 5.86. The first-order chi connectivity index (χ1) is 14.1. The third kappa shape index (κ3) is 4.04. The summed E-state index contributed by atoms with van der Waals surface area (Å²) in [5.41, 5.74) is 10.8. The van der Waals surface area contributed by atoms with Crippen LogP contribution in [0.15, 0.2) is 48.2 Å². The van der Waals surface area contributed by atoms with Crippen LogP contribution in [0.25, 0.3) is 0 Å². The Hall–Kier alpha value is -2.88. The third-order valence-electron chi connectivity index (χ3n) is 5.86. The fourth-order valence-electron chi connectivity index (χ4n) is 4.81. The maximum absolute atomic E-state index is 10.2. The van der Waals surface area contributed by atoms with E-state index >= 15 is 0 Å². The molecule has 0 radical (unpaired) electrons. The van der Waals surface area contributed by atoms with E-state index in [0.717, 1.165) is 5.57 Å². The minimum Gasteiger partial charge on any atom is -0.481 e. The molecule has 160 valence electrons. The molecule has 0 aliphatic carbocycles. The van der Waals surface area contributed by atoms with Crippen molar-refractivity contribution in [1.82, 2.24) is 0 Å². The molecule has 0 fully saturated rings. The fourth-order valence-corrected chi connectivity index (χ4v) is 4.81. The van der Waals surface area contributed by atoms with Gasteiger partial charge in [0.25, 0.3) is 5.95 Å². The summed E-state index contributed by atoms with van der Waals surface area (Å²) in [5, 5.41) is 10.2. The molecule has 0 bridgehead atoms. The summed E-state index contributed by atoms with van der Waals surface area (Å²) in [6.07, 6.45) is 4.96. The minimum atomic E-state index is -0.00324. The lowest BCUT2D eigenvalue weighted by atomic mass is 10.0. The van der Waals surface area contributed by atoms with E-state index in [9.17, 15) is 5.11 Å². The second-order valence-corrected chi connectivity index (χ2v) is 8.58. The van der Waals surface area contributed by atoms with Gasteiger partial charge < -0.3 is 19.6 Å². The van der Waals surface area contributed by atoms with Gasteiger partial charge in [-0.25, -0.2) is 0 Å². The van der Waals surface area contributed by atoms with Crippen LogP contribution in [0.3, 0.4) is 0 Å². The first-order valence-corrected chi connectivity index (χ1v) is 10.5. The van der Waals surface area contributed by atoms with Gasteiger partial charge in [-0.1, -0.05) is 35.4 Å². The monoisotopic (exact) mass is 406 g/mol. The number of benzene rings is 2. The number of nitrogens with zero attached hydrogens (tertiary/aromatic N) is 2. The summed E-state index contributed by atoms with van der Waals surface area (Å²) in [5.74, 6) is -0.00324. The Morgan fingerprint density at radius 1 is 0.800 bits per heavy atom. The molecule has 4 nitrogen and oxygen atoms in total. The summed E-state index contributed by atoms with van der Waals surface area (Å²) in [7, 11) is 1.50. The van der Waals surface area contributed by atoms with Crippen molar-refractivity contribution < 1.29 is 9.84 Å². The van der Waals surface area contributed by atoms with E-state index in [1.54, 1.807) is 0 Å². The molecule has 0 saturated carbocycles. The Bertz CT molecular complexity index is 906. The number of hydrogen-bond donors (Lipinski definition) is 1. The Kier molecular flexibility index (Phi) is 6.16. The van der Waals surface area contributed by atoms with E-state index in [4.69, 9.17) is 4.74 Å². The van der Waals surface area contributed by atoms with E-state index in [1.165, 1.54) is 51.9 Å². The minimum absolute atomic E-state index is 0.00233. The molecule has 30 heavy (non-hydrogen) atoms. The average molecular weight is 407 g/mol. The SMILES string of the molecule is CO/C(O)=C(/C)CC1N(c2c(C)cc(C)cc2C)C=CN1c1c(C)cc(C)cc1C. The van der Waals surface area contributed by atoms with Crippen LogP contribution in [0.2, 0.25) is 0 Å². The second-order valence-electron chi connectivity index (χ2n) is 8.58. The van der Waals surface area contributed by atoms with Crippen molar-refractivity contribution in [2.75, 3.05) is 16.9 Å². The topological polar surface area (TPSA) is 35.9 Å². The molecule has 1 aliphatic heterocycles. The van der Waals surface area contributed by atoms with Gasteiger partial charge in [-0.2, -0.15) is 0 Å². The highest BCUT2D eigenvalue weighted by molar-refractivity contribution is 5.70. The summed E-state index contributed by atoms with van der Waals surface area (Å²) in [4.78, 5) is 4.66. The predicted octanol–water partition coefficient (Wildman–Crippen LogP) is 6.49. The lowest BCUT2D eigenvalue weighted by Gasteiger charge is -2.36. The molecule has 0 unspecified atom stereocenters. The molecular formula is C26H34N2O2. The van der Waals surface area contributed by atoms with E-state index in [1.807, 2.05) is 6.92 Å². The molecule has 0 atom stereocenters. The molecule has 3 rings (SSSR count). The molecule has 0 amide bonds. The summed E-state index contributed by atoms with van der Waals surface area (Å²) >= 11 is 0. The number of methoxy groups -OCH3 is 1. The van der Waals surface area contributed by atoms with Crippen LogP contribution in [0.5, 0.6) is 0 Å². The Morgan fingerprint density at radius 2 is 1.17 bits per heavy atom. The molecule has 1 N–H and O–H groups in total. The van der Waals surface area contributed by atoms with Crippen LogP contribution in [0, 0.1) is 41.5 Å². The first kappa shape index (κ1) is 21.8. The molecule has 4 heteroatoms. The van der Waals surface area contributed by atoms with Gasteiger partial charge in [-0.05, 0) is 70.7 Å². The highest BCUT2D eigenvalue weighted by atomic mass is 16.6. The first-order valence-electron chi connectivity index (χ1n) is 10.5. The zero-order chi connectivity index (χ0) is 22.2. The van der Waals surface area contributed by atoms with Crippen molar-refractivity contribution in [3.05, 3.63) is 81.6 Å². The van der Waals surface area contributed by atoms with Gasteiger partial charge in [0.05, 0.1) is 7.11 Å². The van der Waals surface area contributed by atoms with Gasteiger partial charge in [-0.3, -0.25) is 0 Å². The quantitative estimate of drug-likeness (QED) is 0.576. The van der Waals surface area contributed by atoms with Crippen LogP contribution < -0.4 is 9.80 Å². The van der Waals surface area contributed by atoms with Gasteiger partial charge in [0, 0.05) is 35.8 Å². The molecule has 1 heterocycles. The summed E-state index contributed by atoms with van der Waals surface area (Å²) < 4.78 is 5.11. The Labute approximate surface area is 181 Å². The largest absolute Gasteiger partial charge is 0.481 e. The second kappa shape index (κ2) is 8.47. The van der Waals surface area contributed by atoms with E-state index in [2.05, 4.69) is 88.0 Å². The number of anilines is 2. The van der Waals surface area contributed by atoms with Gasteiger partial charge in [0.2, 0.25) is 0 Å². The van der Waals surface area contributed by atoms with Gasteiger partial charge >= 0.3 is 0 Å². The predicted molar refractivity (Wildman–Crippen MR) is 126 cm³/mol. The molecule has 1 aliphatic rings. The maximum Gasteiger partial charge on any atom is 0.275 e. The van der Waals surface area contributed by atoms with Crippen LogP contribution in [0.1, 0.15) is 46.7 Å². The fraction of sp³-hybridized carbons (Fsp3) is 0.385. The number of ether oxygens (including phenoxy) is 1. The normalized spacial score (nSPS) is 15.1. The highest BCUT2D eigenvalue weighted by Crippen LogP contribution is 2.39. The van der Waals surface area contributed by atoms with Crippen LogP contribution >= 0.6 is 0 Å². The summed E-state index contributed by atoms with van der Waals surface area (Å²) in [6, 6.07) is 8.92. The maximum atomic E-state index is 10.2. The highest BCUT2D eigenvalue weighted by Gasteiger charge is 2.32. The van der Waals surface area contributed by atoms with Crippen molar-refractivity contribution in [1.29, 1.82) is 0 Å². The number of aliphatic hydroxyl groups excluding tert-OH is 1. The van der Waals surface area contributed by atoms with E-state index < -0.39 is 0 Å². The Balaban J connectivity index is 2.13. The standard InChI is InChI=1S/C26H34N2O2/c1-16-11-18(3)24(19(4)12-16)27-9-10-28(23(27)15-22(7)26(29)30-8)25-20(5)13-17(2)14-21(25)6/h9-14,23,29H,15H2,1-8H3/b26-22-. The molecular weight excluding hydrogens is 372 g/mol. The number of aryl methyl sites for hydroxylation is 6. The molecule has 2 aromatic carbocycles. The molecule has 2 aromatic rings. The van der Waals surface area contributed by atoms with Crippen molar-refractivity contribution in [2.45, 2.75) is 61.1 Å². The van der Waals surface area contributed by atoms with E-state index in [-0.39, 0.29) is 12.1 Å². The lowest BCUT2D eigenvalue weighted by Crippen LogP contribution is -2.40. The average Bonchev–Trinajstić information content (AvgIpc) is 3.02. The van der Waals surface area contributed by atoms with Crippen LogP contribution in [0.4, 0.5) is 11.4 Å². The van der Waals surface area contributed by atoms with Crippen molar-refractivity contribution >= 4 is 11.4 Å². The van der Waals surface area contributed by atoms with Crippen molar-refractivity contribution in [2.24, 2.45) is 0 Å².